The largest absolute Gasteiger partial charge is 0.456 e. The maximum Gasteiger partial charge on any atom is 0.374 e. The fourth-order valence-electron chi connectivity index (χ4n) is 3.83. The van der Waals surface area contributed by atoms with Crippen LogP contribution in [0, 0.1) is 5.92 Å². The van der Waals surface area contributed by atoms with Gasteiger partial charge in [0.1, 0.15) is 12.2 Å². The number of carbonyl (C=O) groups excluding carboxylic acids is 3. The van der Waals surface area contributed by atoms with Crippen LogP contribution in [0.4, 0.5) is 0 Å². The Bertz CT molecular complexity index is 882. The smallest absolute Gasteiger partial charge is 0.374 e. The first-order valence-electron chi connectivity index (χ1n) is 9.81. The van der Waals surface area contributed by atoms with Crippen LogP contribution in [0.15, 0.2) is 47.8 Å². The molecule has 0 aromatic heterocycles. The maximum atomic E-state index is 12.7. The van der Waals surface area contributed by atoms with E-state index in [9.17, 15) is 19.5 Å². The molecule has 3 aliphatic rings. The van der Waals surface area contributed by atoms with Gasteiger partial charge in [-0.1, -0.05) is 19.6 Å². The highest BCUT2D eigenvalue weighted by Gasteiger charge is 2.52. The SMILES string of the molecule is C=C1C(=O)OC2C=C(C)C3(O)C=CC(C)(CC(OC(=O)C(=CC)OC(=O)CC)C12)O3. The number of ether oxygens (including phenoxy) is 4. The molecular formula is C22H26O8. The van der Waals surface area contributed by atoms with Crippen LogP contribution in [0.25, 0.3) is 0 Å². The summed E-state index contributed by atoms with van der Waals surface area (Å²) in [6.45, 7) is 10.4. The van der Waals surface area contributed by atoms with Crippen molar-refractivity contribution in [2.24, 2.45) is 5.92 Å². The van der Waals surface area contributed by atoms with E-state index in [1.165, 1.54) is 12.2 Å². The van der Waals surface area contributed by atoms with E-state index in [4.69, 9.17) is 18.9 Å². The van der Waals surface area contributed by atoms with Crippen molar-refractivity contribution in [3.05, 3.63) is 47.8 Å². The normalized spacial score (nSPS) is 35.6. The van der Waals surface area contributed by atoms with Gasteiger partial charge >= 0.3 is 17.9 Å². The van der Waals surface area contributed by atoms with Crippen molar-refractivity contribution in [2.45, 2.75) is 64.1 Å². The van der Waals surface area contributed by atoms with E-state index in [0.717, 1.165) is 0 Å². The molecule has 1 N–H and O–H groups in total. The molecule has 3 heterocycles. The molecule has 0 radical (unpaired) electrons. The lowest BCUT2D eigenvalue weighted by molar-refractivity contribution is -0.189. The molecule has 3 aliphatic heterocycles. The quantitative estimate of drug-likeness (QED) is 0.243. The van der Waals surface area contributed by atoms with Gasteiger partial charge < -0.3 is 24.1 Å². The number of esters is 3. The van der Waals surface area contributed by atoms with E-state index >= 15 is 0 Å². The maximum absolute atomic E-state index is 12.7. The van der Waals surface area contributed by atoms with Crippen LogP contribution in [-0.2, 0) is 33.3 Å². The van der Waals surface area contributed by atoms with Gasteiger partial charge in [-0.3, -0.25) is 4.79 Å². The summed E-state index contributed by atoms with van der Waals surface area (Å²) in [6, 6.07) is 0. The van der Waals surface area contributed by atoms with Crippen molar-refractivity contribution in [3.63, 3.8) is 0 Å². The third-order valence-corrected chi connectivity index (χ3v) is 5.53. The Morgan fingerprint density at radius 2 is 2.10 bits per heavy atom. The zero-order valence-electron chi connectivity index (χ0n) is 17.5. The minimum Gasteiger partial charge on any atom is -0.456 e. The number of hydrogen-bond acceptors (Lipinski definition) is 8. The van der Waals surface area contributed by atoms with Crippen LogP contribution in [0.5, 0.6) is 0 Å². The topological polar surface area (TPSA) is 108 Å². The van der Waals surface area contributed by atoms with E-state index in [-0.39, 0.29) is 24.2 Å². The Kier molecular flexibility index (Phi) is 5.75. The lowest BCUT2D eigenvalue weighted by Gasteiger charge is -2.33. The molecule has 1 fully saturated rings. The van der Waals surface area contributed by atoms with Gasteiger partial charge in [0.05, 0.1) is 11.5 Å². The first kappa shape index (κ1) is 22.0. The molecule has 0 aromatic rings. The van der Waals surface area contributed by atoms with E-state index in [2.05, 4.69) is 6.58 Å². The summed E-state index contributed by atoms with van der Waals surface area (Å²) in [5.41, 5.74) is -0.379. The average Bonchev–Trinajstić information content (AvgIpc) is 3.15. The summed E-state index contributed by atoms with van der Waals surface area (Å²) in [5.74, 6) is -4.61. The number of hydrogen-bond donors (Lipinski definition) is 1. The highest BCUT2D eigenvalue weighted by molar-refractivity contribution is 5.92. The minimum absolute atomic E-state index is 0.0945. The summed E-state index contributed by atoms with van der Waals surface area (Å²) in [5, 5.41) is 10.8. The van der Waals surface area contributed by atoms with Gasteiger partial charge in [0.2, 0.25) is 11.5 Å². The van der Waals surface area contributed by atoms with Gasteiger partial charge in [-0.15, -0.1) is 0 Å². The van der Waals surface area contributed by atoms with Crippen LogP contribution >= 0.6 is 0 Å². The third kappa shape index (κ3) is 3.97. The molecule has 0 spiro atoms. The minimum atomic E-state index is -1.65. The van der Waals surface area contributed by atoms with Crippen molar-refractivity contribution in [1.29, 1.82) is 0 Å². The number of rotatable bonds is 4. The Balaban J connectivity index is 1.96. The highest BCUT2D eigenvalue weighted by Crippen LogP contribution is 2.44. The number of aliphatic hydroxyl groups is 1. The fraction of sp³-hybridized carbons (Fsp3) is 0.500. The molecular weight excluding hydrogens is 392 g/mol. The summed E-state index contributed by atoms with van der Waals surface area (Å²) in [7, 11) is 0. The van der Waals surface area contributed by atoms with Gasteiger partial charge in [-0.25, -0.2) is 9.59 Å². The van der Waals surface area contributed by atoms with E-state index in [1.807, 2.05) is 0 Å². The molecule has 5 unspecified atom stereocenters. The molecule has 0 amide bonds. The average molecular weight is 418 g/mol. The molecule has 0 aromatic carbocycles. The van der Waals surface area contributed by atoms with Gasteiger partial charge in [-0.2, -0.15) is 0 Å². The van der Waals surface area contributed by atoms with Gasteiger partial charge in [0.15, 0.2) is 0 Å². The zero-order valence-corrected chi connectivity index (χ0v) is 17.5. The van der Waals surface area contributed by atoms with Gasteiger partial charge in [0, 0.05) is 18.4 Å². The van der Waals surface area contributed by atoms with Crippen molar-refractivity contribution in [2.75, 3.05) is 0 Å². The summed E-state index contributed by atoms with van der Waals surface area (Å²) < 4.78 is 22.0. The van der Waals surface area contributed by atoms with Crippen molar-refractivity contribution in [1.82, 2.24) is 0 Å². The lowest BCUT2D eigenvalue weighted by atomic mass is 9.83. The molecule has 0 aliphatic carbocycles. The summed E-state index contributed by atoms with van der Waals surface area (Å²) in [4.78, 5) is 36.6. The second-order valence-corrected chi connectivity index (χ2v) is 7.84. The number of carbonyl (C=O) groups is 3. The standard InChI is InChI=1S/C22H26O8/c1-6-14(27-17(23)7-2)20(25)29-16-11-21(5)8-9-22(26,30-21)12(3)10-15-18(16)13(4)19(24)28-15/h6,8-10,15-16,18,26H,4,7,11H2,1-3,5H3. The lowest BCUT2D eigenvalue weighted by Crippen LogP contribution is -2.41. The van der Waals surface area contributed by atoms with Crippen LogP contribution in [0.1, 0.15) is 40.5 Å². The Hall–Kier alpha value is -2.71. The number of allylic oxidation sites excluding steroid dienone is 1. The fourth-order valence-corrected chi connectivity index (χ4v) is 3.83. The molecule has 3 rings (SSSR count). The molecule has 8 heteroatoms. The highest BCUT2D eigenvalue weighted by atomic mass is 16.6. The van der Waals surface area contributed by atoms with Crippen molar-refractivity contribution < 1.29 is 38.4 Å². The van der Waals surface area contributed by atoms with E-state index in [1.54, 1.807) is 39.8 Å². The van der Waals surface area contributed by atoms with Crippen LogP contribution in [0.2, 0.25) is 0 Å². The molecule has 1 saturated heterocycles. The predicted octanol–water partition coefficient (Wildman–Crippen LogP) is 2.24. The van der Waals surface area contributed by atoms with E-state index < -0.39 is 47.4 Å². The zero-order chi connectivity index (χ0) is 22.3. The Labute approximate surface area is 174 Å². The molecule has 30 heavy (non-hydrogen) atoms. The third-order valence-electron chi connectivity index (χ3n) is 5.53. The number of fused-ring (bicyclic) bond motifs is 3. The molecule has 8 nitrogen and oxygen atoms in total. The molecule has 0 saturated carbocycles. The predicted molar refractivity (Wildman–Crippen MR) is 104 cm³/mol. The summed E-state index contributed by atoms with van der Waals surface area (Å²) in [6.07, 6.45) is 4.66. The Morgan fingerprint density at radius 3 is 2.73 bits per heavy atom. The summed E-state index contributed by atoms with van der Waals surface area (Å²) >= 11 is 0. The first-order valence-corrected chi connectivity index (χ1v) is 9.81. The first-order chi connectivity index (χ1) is 14.0. The molecule has 162 valence electrons. The second-order valence-electron chi connectivity index (χ2n) is 7.84. The van der Waals surface area contributed by atoms with Crippen LogP contribution in [-0.4, -0.2) is 46.6 Å². The van der Waals surface area contributed by atoms with Gasteiger partial charge in [-0.05, 0) is 44.6 Å². The van der Waals surface area contributed by atoms with Crippen molar-refractivity contribution in [3.8, 4) is 0 Å². The van der Waals surface area contributed by atoms with Crippen LogP contribution < -0.4 is 0 Å². The monoisotopic (exact) mass is 418 g/mol. The molecule has 2 bridgehead atoms. The van der Waals surface area contributed by atoms with Gasteiger partial charge in [0.25, 0.3) is 0 Å². The van der Waals surface area contributed by atoms with E-state index in [0.29, 0.717) is 5.57 Å². The van der Waals surface area contributed by atoms with Crippen LogP contribution in [0.3, 0.4) is 0 Å². The second kappa shape index (κ2) is 7.85. The molecule has 5 atom stereocenters. The Morgan fingerprint density at radius 1 is 1.40 bits per heavy atom. The van der Waals surface area contributed by atoms with Crippen molar-refractivity contribution >= 4 is 17.9 Å².